The summed E-state index contributed by atoms with van der Waals surface area (Å²) in [4.78, 5) is 12.2. The zero-order chi connectivity index (χ0) is 19.9. The first-order valence-corrected chi connectivity index (χ1v) is 8.83. The van der Waals surface area contributed by atoms with Crippen LogP contribution in [0.4, 0.5) is 4.79 Å². The van der Waals surface area contributed by atoms with Crippen LogP contribution in [0.1, 0.15) is 18.1 Å². The molecule has 7 heteroatoms. The van der Waals surface area contributed by atoms with Gasteiger partial charge in [0.15, 0.2) is 11.5 Å². The van der Waals surface area contributed by atoms with Crippen LogP contribution in [-0.2, 0) is 16.9 Å². The summed E-state index contributed by atoms with van der Waals surface area (Å²) in [7, 11) is 4.75. The fourth-order valence-electron chi connectivity index (χ4n) is 2.59. The molecular weight excluding hydrogens is 368 g/mol. The van der Waals surface area contributed by atoms with E-state index in [1.807, 2.05) is 37.3 Å². The molecule has 6 nitrogen and oxygen atoms in total. The van der Waals surface area contributed by atoms with Gasteiger partial charge in [0.1, 0.15) is 5.60 Å². The van der Waals surface area contributed by atoms with Gasteiger partial charge in [-0.25, -0.2) is 4.79 Å². The lowest BCUT2D eigenvalue weighted by Gasteiger charge is -2.29. The third-order valence-corrected chi connectivity index (χ3v) is 4.61. The van der Waals surface area contributed by atoms with Gasteiger partial charge in [-0.05, 0) is 42.3 Å². The second-order valence-electron chi connectivity index (χ2n) is 6.17. The Labute approximate surface area is 164 Å². The SMILES string of the molecule is COc1ccc(CNC(=O)NC[C@@](C)(OC)c2cccc(Cl)c2)cc1OC. The molecule has 2 amide bonds. The molecule has 0 aliphatic carbocycles. The van der Waals surface area contributed by atoms with E-state index in [0.717, 1.165) is 11.1 Å². The summed E-state index contributed by atoms with van der Waals surface area (Å²) >= 11 is 6.06. The summed E-state index contributed by atoms with van der Waals surface area (Å²) < 4.78 is 16.1. The molecule has 0 spiro atoms. The van der Waals surface area contributed by atoms with Crippen LogP contribution in [0.25, 0.3) is 0 Å². The third kappa shape index (κ3) is 5.52. The van der Waals surface area contributed by atoms with E-state index in [1.54, 1.807) is 33.5 Å². The molecule has 0 saturated heterocycles. The van der Waals surface area contributed by atoms with Crippen molar-refractivity contribution in [1.82, 2.24) is 10.6 Å². The fourth-order valence-corrected chi connectivity index (χ4v) is 2.78. The molecule has 2 aromatic carbocycles. The smallest absolute Gasteiger partial charge is 0.315 e. The summed E-state index contributed by atoms with van der Waals surface area (Å²) in [5, 5.41) is 6.28. The zero-order valence-electron chi connectivity index (χ0n) is 16.0. The molecule has 2 aromatic rings. The quantitative estimate of drug-likeness (QED) is 0.718. The number of methoxy groups -OCH3 is 3. The molecule has 0 aromatic heterocycles. The van der Waals surface area contributed by atoms with Crippen molar-refractivity contribution in [3.63, 3.8) is 0 Å². The minimum absolute atomic E-state index is 0.293. The molecule has 0 radical (unpaired) electrons. The van der Waals surface area contributed by atoms with Crippen LogP contribution in [0, 0.1) is 0 Å². The van der Waals surface area contributed by atoms with E-state index in [9.17, 15) is 4.79 Å². The molecule has 2 N–H and O–H groups in total. The molecule has 0 heterocycles. The maximum absolute atomic E-state index is 12.2. The van der Waals surface area contributed by atoms with Gasteiger partial charge in [-0.3, -0.25) is 0 Å². The number of halogens is 1. The summed E-state index contributed by atoms with van der Waals surface area (Å²) in [6.07, 6.45) is 0. The number of ether oxygens (including phenoxy) is 3. The highest BCUT2D eigenvalue weighted by Crippen LogP contribution is 2.28. The average Bonchev–Trinajstić information content (AvgIpc) is 2.70. The highest BCUT2D eigenvalue weighted by atomic mass is 35.5. The molecule has 0 fully saturated rings. The predicted octanol–water partition coefficient (Wildman–Crippen LogP) is 3.72. The molecular formula is C20H25ClN2O4. The van der Waals surface area contributed by atoms with E-state index < -0.39 is 5.60 Å². The Morgan fingerprint density at radius 1 is 1.04 bits per heavy atom. The number of benzene rings is 2. The number of carbonyl (C=O) groups is 1. The van der Waals surface area contributed by atoms with Gasteiger partial charge in [0, 0.05) is 18.7 Å². The fraction of sp³-hybridized carbons (Fsp3) is 0.350. The van der Waals surface area contributed by atoms with Gasteiger partial charge in [0.2, 0.25) is 0 Å². The number of carbonyl (C=O) groups excluding carboxylic acids is 1. The van der Waals surface area contributed by atoms with Crippen LogP contribution < -0.4 is 20.1 Å². The van der Waals surface area contributed by atoms with Crippen molar-refractivity contribution < 1.29 is 19.0 Å². The number of rotatable bonds is 8. The van der Waals surface area contributed by atoms with Gasteiger partial charge in [0.05, 0.1) is 20.8 Å². The number of amides is 2. The Morgan fingerprint density at radius 2 is 1.78 bits per heavy atom. The molecule has 1 atom stereocenters. The van der Waals surface area contributed by atoms with Crippen molar-refractivity contribution in [1.29, 1.82) is 0 Å². The zero-order valence-corrected chi connectivity index (χ0v) is 16.7. The topological polar surface area (TPSA) is 68.8 Å². The molecule has 0 aliphatic heterocycles. The first-order chi connectivity index (χ1) is 12.9. The highest BCUT2D eigenvalue weighted by molar-refractivity contribution is 6.30. The predicted molar refractivity (Wildman–Crippen MR) is 106 cm³/mol. The average molecular weight is 393 g/mol. The maximum atomic E-state index is 12.2. The first kappa shape index (κ1) is 20.9. The summed E-state index contributed by atoms with van der Waals surface area (Å²) in [6, 6.07) is 12.6. The second-order valence-corrected chi connectivity index (χ2v) is 6.61. The first-order valence-electron chi connectivity index (χ1n) is 8.45. The normalized spacial score (nSPS) is 12.8. The Balaban J connectivity index is 1.93. The van der Waals surface area contributed by atoms with Crippen molar-refractivity contribution in [2.24, 2.45) is 0 Å². The van der Waals surface area contributed by atoms with E-state index >= 15 is 0 Å². The number of nitrogens with one attached hydrogen (secondary N) is 2. The van der Waals surface area contributed by atoms with Crippen LogP contribution in [0.3, 0.4) is 0 Å². The molecule has 0 aliphatic rings. The van der Waals surface area contributed by atoms with E-state index in [0.29, 0.717) is 29.6 Å². The Morgan fingerprint density at radius 3 is 2.41 bits per heavy atom. The second kappa shape index (κ2) is 9.48. The summed E-state index contributed by atoms with van der Waals surface area (Å²) in [5.41, 5.74) is 1.09. The van der Waals surface area contributed by atoms with Crippen molar-refractivity contribution in [2.45, 2.75) is 19.1 Å². The molecule has 0 saturated carbocycles. The number of hydrogen-bond acceptors (Lipinski definition) is 4. The lowest BCUT2D eigenvalue weighted by atomic mass is 9.96. The van der Waals surface area contributed by atoms with Crippen LogP contribution in [0.5, 0.6) is 11.5 Å². The Hall–Kier alpha value is -2.44. The van der Waals surface area contributed by atoms with Crippen molar-refractivity contribution in [2.75, 3.05) is 27.9 Å². The molecule has 27 heavy (non-hydrogen) atoms. The van der Waals surface area contributed by atoms with Crippen molar-refractivity contribution in [3.05, 3.63) is 58.6 Å². The summed E-state index contributed by atoms with van der Waals surface area (Å²) in [6.45, 7) is 2.54. The molecule has 146 valence electrons. The Kier molecular flexibility index (Phi) is 7.33. The summed E-state index contributed by atoms with van der Waals surface area (Å²) in [5.74, 6) is 1.26. The van der Waals surface area contributed by atoms with Crippen LogP contribution in [0.2, 0.25) is 5.02 Å². The van der Waals surface area contributed by atoms with Crippen molar-refractivity contribution >= 4 is 17.6 Å². The van der Waals surface area contributed by atoms with Crippen LogP contribution >= 0.6 is 11.6 Å². The van der Waals surface area contributed by atoms with Gasteiger partial charge in [-0.15, -0.1) is 0 Å². The molecule has 0 bridgehead atoms. The van der Waals surface area contributed by atoms with Gasteiger partial charge >= 0.3 is 6.03 Å². The van der Waals surface area contributed by atoms with Crippen molar-refractivity contribution in [3.8, 4) is 11.5 Å². The monoisotopic (exact) mass is 392 g/mol. The number of hydrogen-bond donors (Lipinski definition) is 2. The van der Waals surface area contributed by atoms with Gasteiger partial charge in [0.25, 0.3) is 0 Å². The standard InChI is InChI=1S/C20H25ClN2O4/c1-20(27-4,15-6-5-7-16(21)11-15)13-23-19(24)22-12-14-8-9-17(25-2)18(10-14)26-3/h5-11H,12-13H2,1-4H3,(H2,22,23,24)/t20-/m1/s1. The highest BCUT2D eigenvalue weighted by Gasteiger charge is 2.27. The number of urea groups is 1. The Bertz CT molecular complexity index is 784. The third-order valence-electron chi connectivity index (χ3n) is 4.37. The lowest BCUT2D eigenvalue weighted by Crippen LogP contribution is -2.44. The van der Waals surface area contributed by atoms with E-state index in [1.165, 1.54) is 0 Å². The van der Waals surface area contributed by atoms with Crippen LogP contribution in [-0.4, -0.2) is 33.9 Å². The van der Waals surface area contributed by atoms with E-state index in [4.69, 9.17) is 25.8 Å². The maximum Gasteiger partial charge on any atom is 0.315 e. The van der Waals surface area contributed by atoms with E-state index in [2.05, 4.69) is 10.6 Å². The largest absolute Gasteiger partial charge is 0.493 e. The van der Waals surface area contributed by atoms with Gasteiger partial charge in [-0.1, -0.05) is 29.8 Å². The van der Waals surface area contributed by atoms with Gasteiger partial charge in [-0.2, -0.15) is 0 Å². The molecule has 2 rings (SSSR count). The van der Waals surface area contributed by atoms with E-state index in [-0.39, 0.29) is 6.03 Å². The minimum Gasteiger partial charge on any atom is -0.493 e. The molecule has 0 unspecified atom stereocenters. The minimum atomic E-state index is -0.689. The van der Waals surface area contributed by atoms with Gasteiger partial charge < -0.3 is 24.8 Å². The van der Waals surface area contributed by atoms with Crippen LogP contribution in [0.15, 0.2) is 42.5 Å². The lowest BCUT2D eigenvalue weighted by molar-refractivity contribution is 0.00488.